The lowest BCUT2D eigenvalue weighted by Crippen LogP contribution is -2.46. The van der Waals surface area contributed by atoms with Crippen LogP contribution in [0.4, 0.5) is 4.79 Å². The van der Waals surface area contributed by atoms with Crippen molar-refractivity contribution < 1.29 is 24.2 Å². The highest BCUT2D eigenvalue weighted by atomic mass is 16.5. The summed E-state index contributed by atoms with van der Waals surface area (Å²) >= 11 is 0. The molecule has 0 spiro atoms. The van der Waals surface area contributed by atoms with Gasteiger partial charge in [0, 0.05) is 13.0 Å². The number of carbonyl (C=O) groups is 3. The fourth-order valence-electron chi connectivity index (χ4n) is 1.20. The van der Waals surface area contributed by atoms with Gasteiger partial charge in [0.25, 0.3) is 0 Å². The maximum atomic E-state index is 11.3. The van der Waals surface area contributed by atoms with Crippen LogP contribution in [0.5, 0.6) is 0 Å². The molecule has 3 N–H and O–H groups in total. The number of esters is 1. The maximum Gasteiger partial charge on any atom is 0.326 e. The molecule has 0 fully saturated rings. The molecule has 0 bridgehead atoms. The third-order valence-electron chi connectivity index (χ3n) is 2.08. The predicted octanol–water partition coefficient (Wildman–Crippen LogP) is 0.492. The zero-order chi connectivity index (χ0) is 14.0. The molecule has 0 saturated heterocycles. The van der Waals surface area contributed by atoms with Gasteiger partial charge in [0.05, 0.1) is 6.61 Å². The van der Waals surface area contributed by atoms with E-state index in [9.17, 15) is 14.4 Å². The molecule has 0 aliphatic carbocycles. The Labute approximate surface area is 106 Å². The normalized spacial score (nSPS) is 11.4. The Morgan fingerprint density at radius 2 is 1.94 bits per heavy atom. The van der Waals surface area contributed by atoms with Gasteiger partial charge in [-0.15, -0.1) is 0 Å². The van der Waals surface area contributed by atoms with Crippen molar-refractivity contribution in [2.75, 3.05) is 13.2 Å². The first-order valence-electron chi connectivity index (χ1n) is 5.94. The quantitative estimate of drug-likeness (QED) is 0.551. The monoisotopic (exact) mass is 260 g/mol. The average molecular weight is 260 g/mol. The predicted molar refractivity (Wildman–Crippen MR) is 64.1 cm³/mol. The van der Waals surface area contributed by atoms with Gasteiger partial charge in [0.2, 0.25) is 0 Å². The van der Waals surface area contributed by atoms with Crippen molar-refractivity contribution in [3.05, 3.63) is 0 Å². The summed E-state index contributed by atoms with van der Waals surface area (Å²) < 4.78 is 4.68. The van der Waals surface area contributed by atoms with Gasteiger partial charge >= 0.3 is 18.0 Å². The highest BCUT2D eigenvalue weighted by Gasteiger charge is 2.20. The number of hydrogen-bond donors (Lipinski definition) is 3. The lowest BCUT2D eigenvalue weighted by atomic mass is 10.1. The molecular weight excluding hydrogens is 240 g/mol. The first-order chi connectivity index (χ1) is 8.51. The molecule has 2 amide bonds. The number of carboxylic acids is 1. The Hall–Kier alpha value is -1.79. The second-order valence-corrected chi connectivity index (χ2v) is 3.63. The molecule has 18 heavy (non-hydrogen) atoms. The van der Waals surface area contributed by atoms with Crippen LogP contribution in [0.25, 0.3) is 0 Å². The lowest BCUT2D eigenvalue weighted by Gasteiger charge is -2.14. The van der Waals surface area contributed by atoms with E-state index in [1.165, 1.54) is 0 Å². The summed E-state index contributed by atoms with van der Waals surface area (Å²) in [6, 6.07) is -1.64. The summed E-state index contributed by atoms with van der Waals surface area (Å²) in [6.07, 6.45) is 0.723. The second kappa shape index (κ2) is 9.26. The largest absolute Gasteiger partial charge is 0.480 e. The second-order valence-electron chi connectivity index (χ2n) is 3.63. The molecule has 0 rings (SSSR count). The first-order valence-corrected chi connectivity index (χ1v) is 5.94. The highest BCUT2D eigenvalue weighted by Crippen LogP contribution is 2.00. The molecule has 0 heterocycles. The Morgan fingerprint density at radius 1 is 1.28 bits per heavy atom. The van der Waals surface area contributed by atoms with Crippen molar-refractivity contribution >= 4 is 18.0 Å². The molecule has 0 radical (unpaired) electrons. The fraction of sp³-hybridized carbons (Fsp3) is 0.727. The van der Waals surface area contributed by atoms with Gasteiger partial charge in [-0.25, -0.2) is 9.59 Å². The standard InChI is InChI=1S/C11H20N2O5/c1-3-7-12-11(17)13-8(10(15)16)5-6-9(14)18-4-2/h8H,3-7H2,1-2H3,(H,15,16)(H2,12,13,17)/t8-/m0/s1. The number of aliphatic carboxylic acids is 1. The first kappa shape index (κ1) is 16.2. The minimum absolute atomic E-state index is 0.00765. The highest BCUT2D eigenvalue weighted by molar-refractivity contribution is 5.83. The Kier molecular flexibility index (Phi) is 8.34. The number of amides is 2. The van der Waals surface area contributed by atoms with Gasteiger partial charge in [0.1, 0.15) is 6.04 Å². The van der Waals surface area contributed by atoms with E-state index in [0.29, 0.717) is 6.54 Å². The maximum absolute atomic E-state index is 11.3. The fourth-order valence-corrected chi connectivity index (χ4v) is 1.20. The van der Waals surface area contributed by atoms with Gasteiger partial charge in [-0.3, -0.25) is 4.79 Å². The van der Waals surface area contributed by atoms with Gasteiger partial charge in [0.15, 0.2) is 0 Å². The van der Waals surface area contributed by atoms with Crippen molar-refractivity contribution in [1.82, 2.24) is 10.6 Å². The van der Waals surface area contributed by atoms with Crippen molar-refractivity contribution in [2.24, 2.45) is 0 Å². The van der Waals surface area contributed by atoms with E-state index in [1.807, 2.05) is 6.92 Å². The summed E-state index contributed by atoms with van der Waals surface area (Å²) in [5.41, 5.74) is 0. The number of rotatable bonds is 8. The molecule has 0 saturated carbocycles. The van der Waals surface area contributed by atoms with Crippen LogP contribution in [0.3, 0.4) is 0 Å². The molecular formula is C11H20N2O5. The van der Waals surface area contributed by atoms with E-state index < -0.39 is 24.0 Å². The third kappa shape index (κ3) is 7.48. The van der Waals surface area contributed by atoms with Crippen molar-refractivity contribution in [3.8, 4) is 0 Å². The third-order valence-corrected chi connectivity index (χ3v) is 2.08. The molecule has 0 aromatic carbocycles. The summed E-state index contributed by atoms with van der Waals surface area (Å²) in [5.74, 6) is -1.65. The number of nitrogens with one attached hydrogen (secondary N) is 2. The minimum atomic E-state index is -1.18. The van der Waals surface area contributed by atoms with Crippen LogP contribution in [0, 0.1) is 0 Å². The van der Waals surface area contributed by atoms with Gasteiger partial charge in [-0.2, -0.15) is 0 Å². The van der Waals surface area contributed by atoms with E-state index in [1.54, 1.807) is 6.92 Å². The summed E-state index contributed by atoms with van der Waals surface area (Å²) in [5, 5.41) is 13.7. The lowest BCUT2D eigenvalue weighted by molar-refractivity contribution is -0.144. The Balaban J connectivity index is 4.11. The van der Waals surface area contributed by atoms with Gasteiger partial charge < -0.3 is 20.5 Å². The molecule has 1 atom stereocenters. The van der Waals surface area contributed by atoms with Gasteiger partial charge in [-0.1, -0.05) is 6.92 Å². The number of ether oxygens (including phenoxy) is 1. The Bertz CT molecular complexity index is 293. The van der Waals surface area contributed by atoms with Crippen LogP contribution in [-0.4, -0.2) is 42.3 Å². The van der Waals surface area contributed by atoms with Gasteiger partial charge in [-0.05, 0) is 19.8 Å². The SMILES string of the molecule is CCCNC(=O)N[C@@H](CCC(=O)OCC)C(=O)O. The number of carbonyl (C=O) groups excluding carboxylic acids is 2. The summed E-state index contributed by atoms with van der Waals surface area (Å²) in [6.45, 7) is 4.27. The molecule has 7 heteroatoms. The van der Waals surface area contributed by atoms with E-state index >= 15 is 0 Å². The van der Waals surface area contributed by atoms with Crippen LogP contribution in [-0.2, 0) is 14.3 Å². The molecule has 0 aromatic rings. The van der Waals surface area contributed by atoms with Crippen LogP contribution in [0.15, 0.2) is 0 Å². The zero-order valence-electron chi connectivity index (χ0n) is 10.7. The molecule has 0 aliphatic rings. The molecule has 0 unspecified atom stereocenters. The molecule has 0 aromatic heterocycles. The molecule has 0 aliphatic heterocycles. The topological polar surface area (TPSA) is 105 Å². The minimum Gasteiger partial charge on any atom is -0.480 e. The number of hydrogen-bond acceptors (Lipinski definition) is 4. The molecule has 104 valence electrons. The van der Waals surface area contributed by atoms with Crippen molar-refractivity contribution in [2.45, 2.75) is 39.2 Å². The Morgan fingerprint density at radius 3 is 2.44 bits per heavy atom. The van der Waals surface area contributed by atoms with E-state index in [0.717, 1.165) is 6.42 Å². The van der Waals surface area contributed by atoms with Crippen LogP contribution in [0.2, 0.25) is 0 Å². The summed E-state index contributed by atoms with van der Waals surface area (Å²) in [4.78, 5) is 33.3. The average Bonchev–Trinajstić information content (AvgIpc) is 2.31. The van der Waals surface area contributed by atoms with Crippen LogP contribution >= 0.6 is 0 Å². The number of carboxylic acid groups (broad SMARTS) is 1. The van der Waals surface area contributed by atoms with E-state index in [4.69, 9.17) is 5.11 Å². The van der Waals surface area contributed by atoms with Crippen LogP contribution in [0.1, 0.15) is 33.1 Å². The van der Waals surface area contributed by atoms with Crippen molar-refractivity contribution in [3.63, 3.8) is 0 Å². The van der Waals surface area contributed by atoms with E-state index in [2.05, 4.69) is 15.4 Å². The van der Waals surface area contributed by atoms with E-state index in [-0.39, 0.29) is 19.4 Å². The smallest absolute Gasteiger partial charge is 0.326 e. The number of urea groups is 1. The molecule has 7 nitrogen and oxygen atoms in total. The van der Waals surface area contributed by atoms with Crippen molar-refractivity contribution in [1.29, 1.82) is 0 Å². The summed E-state index contributed by atoms with van der Waals surface area (Å²) in [7, 11) is 0. The van der Waals surface area contributed by atoms with Crippen LogP contribution < -0.4 is 10.6 Å². The zero-order valence-corrected chi connectivity index (χ0v) is 10.7.